The number of halogens is 1. The summed E-state index contributed by atoms with van der Waals surface area (Å²) in [6, 6.07) is 8.70. The van der Waals surface area contributed by atoms with E-state index in [2.05, 4.69) is 15.9 Å². The molecule has 2 bridgehead atoms. The Balaban J connectivity index is 1.44. The molecule has 6 heteroatoms. The molecule has 1 heterocycles. The van der Waals surface area contributed by atoms with Crippen molar-refractivity contribution in [3.05, 3.63) is 35.9 Å². The van der Waals surface area contributed by atoms with E-state index in [9.17, 15) is 14.4 Å². The van der Waals surface area contributed by atoms with Crippen molar-refractivity contribution in [2.45, 2.75) is 17.4 Å². The fraction of sp³-hybridized carbons (Fsp3) is 0.471. The zero-order chi connectivity index (χ0) is 16.1. The highest BCUT2D eigenvalue weighted by Gasteiger charge is 2.68. The summed E-state index contributed by atoms with van der Waals surface area (Å²) < 4.78 is 10.6. The lowest BCUT2D eigenvalue weighted by Gasteiger charge is -2.26. The molecule has 1 saturated heterocycles. The minimum absolute atomic E-state index is 0.00225. The van der Waals surface area contributed by atoms with E-state index >= 15 is 0 Å². The number of benzene rings is 1. The van der Waals surface area contributed by atoms with Crippen LogP contribution >= 0.6 is 15.9 Å². The highest BCUT2D eigenvalue weighted by atomic mass is 79.9. The van der Waals surface area contributed by atoms with E-state index in [0.29, 0.717) is 5.56 Å². The first-order chi connectivity index (χ1) is 11.1. The van der Waals surface area contributed by atoms with E-state index in [1.807, 2.05) is 6.07 Å². The van der Waals surface area contributed by atoms with Gasteiger partial charge >= 0.3 is 11.9 Å². The third-order valence-corrected chi connectivity index (χ3v) is 6.44. The average Bonchev–Trinajstić information content (AvgIpc) is 3.17. The highest BCUT2D eigenvalue weighted by Crippen LogP contribution is 2.60. The van der Waals surface area contributed by atoms with Crippen molar-refractivity contribution in [1.82, 2.24) is 0 Å². The van der Waals surface area contributed by atoms with Crippen LogP contribution in [0.5, 0.6) is 0 Å². The van der Waals surface area contributed by atoms with Crippen LogP contribution in [0.2, 0.25) is 0 Å². The molecule has 1 aliphatic heterocycles. The lowest BCUT2D eigenvalue weighted by molar-refractivity contribution is -0.154. The van der Waals surface area contributed by atoms with E-state index in [4.69, 9.17) is 9.47 Å². The molecule has 0 radical (unpaired) electrons. The second-order valence-corrected chi connectivity index (χ2v) is 7.42. The van der Waals surface area contributed by atoms with Gasteiger partial charge in [0.2, 0.25) is 0 Å². The molecule has 1 aromatic carbocycles. The Labute approximate surface area is 141 Å². The predicted octanol–water partition coefficient (Wildman–Crippen LogP) is 1.98. The number of rotatable bonds is 4. The smallest absolute Gasteiger partial charge is 0.310 e. The minimum Gasteiger partial charge on any atom is -0.461 e. The maximum absolute atomic E-state index is 12.4. The minimum atomic E-state index is -0.501. The van der Waals surface area contributed by atoms with Crippen molar-refractivity contribution < 1.29 is 23.9 Å². The number of ketones is 1. The van der Waals surface area contributed by atoms with Crippen LogP contribution in [0.1, 0.15) is 16.8 Å². The van der Waals surface area contributed by atoms with Crippen molar-refractivity contribution in [3.8, 4) is 0 Å². The summed E-state index contributed by atoms with van der Waals surface area (Å²) in [5.74, 6) is -1.78. The molecule has 0 aromatic heterocycles. The summed E-state index contributed by atoms with van der Waals surface area (Å²) >= 11 is 3.55. The molecule has 0 amide bonds. The lowest BCUT2D eigenvalue weighted by Crippen LogP contribution is -2.39. The molecule has 2 aliphatic carbocycles. The lowest BCUT2D eigenvalue weighted by atomic mass is 9.80. The van der Waals surface area contributed by atoms with Crippen molar-refractivity contribution in [3.63, 3.8) is 0 Å². The van der Waals surface area contributed by atoms with Gasteiger partial charge < -0.3 is 9.47 Å². The number of carbonyl (C=O) groups excluding carboxylic acids is 3. The molecule has 120 valence electrons. The Bertz CT molecular complexity index is 673. The van der Waals surface area contributed by atoms with Gasteiger partial charge in [-0.3, -0.25) is 14.4 Å². The van der Waals surface area contributed by atoms with Crippen LogP contribution in [0.15, 0.2) is 30.3 Å². The van der Waals surface area contributed by atoms with Crippen LogP contribution in [0.4, 0.5) is 0 Å². The Morgan fingerprint density at radius 3 is 2.70 bits per heavy atom. The number of carbonyl (C=O) groups is 3. The van der Waals surface area contributed by atoms with Gasteiger partial charge in [0, 0.05) is 11.5 Å². The number of alkyl halides is 1. The van der Waals surface area contributed by atoms with Gasteiger partial charge in [0.05, 0.1) is 16.7 Å². The van der Waals surface area contributed by atoms with Crippen molar-refractivity contribution in [2.75, 3.05) is 6.61 Å². The molecule has 3 fully saturated rings. The molecule has 0 spiro atoms. The van der Waals surface area contributed by atoms with E-state index in [-0.39, 0.29) is 41.1 Å². The van der Waals surface area contributed by atoms with Crippen LogP contribution in [0.25, 0.3) is 0 Å². The Morgan fingerprint density at radius 2 is 1.96 bits per heavy atom. The Kier molecular flexibility index (Phi) is 3.52. The summed E-state index contributed by atoms with van der Waals surface area (Å²) in [4.78, 5) is 36.5. The second-order valence-electron chi connectivity index (χ2n) is 6.36. The quantitative estimate of drug-likeness (QED) is 0.455. The Hall–Kier alpha value is -1.69. The van der Waals surface area contributed by atoms with Crippen molar-refractivity contribution >= 4 is 33.7 Å². The zero-order valence-electron chi connectivity index (χ0n) is 12.2. The summed E-state index contributed by atoms with van der Waals surface area (Å²) in [6.07, 6.45) is 0.677. The first-order valence-corrected chi connectivity index (χ1v) is 8.59. The average molecular weight is 379 g/mol. The SMILES string of the molecule is O=C(COC(=O)[C@@H]1[C@H]2C[C@H]3[C@H](OC(=O)[C@@H]31)[C@H]2Br)c1ccccc1. The molecule has 1 aromatic rings. The molecule has 6 atom stereocenters. The molecule has 4 rings (SSSR count). The molecular formula is C17H15BrO5. The third-order valence-electron chi connectivity index (χ3n) is 5.24. The molecular weight excluding hydrogens is 364 g/mol. The molecule has 3 aliphatic rings. The fourth-order valence-electron chi connectivity index (χ4n) is 4.23. The largest absolute Gasteiger partial charge is 0.461 e. The normalized spacial score (nSPS) is 36.8. The predicted molar refractivity (Wildman–Crippen MR) is 82.9 cm³/mol. The van der Waals surface area contributed by atoms with E-state index in [1.54, 1.807) is 24.3 Å². The summed E-state index contributed by atoms with van der Waals surface area (Å²) in [6.45, 7) is -0.297. The van der Waals surface area contributed by atoms with Gasteiger partial charge in [-0.25, -0.2) is 0 Å². The standard InChI is InChI=1S/C17H15BrO5/c18-14-9-6-10-13(17(21)23-15(10)14)12(9)16(20)22-7-11(19)8-4-2-1-3-5-8/h1-5,9-10,12-15H,6-7H2/t9-,10-,12-,13+,14+,15+/m1/s1. The molecule has 5 nitrogen and oxygen atoms in total. The first kappa shape index (κ1) is 14.9. The van der Waals surface area contributed by atoms with Crippen LogP contribution in [0, 0.1) is 23.7 Å². The summed E-state index contributed by atoms with van der Waals surface area (Å²) in [5.41, 5.74) is 0.506. The van der Waals surface area contributed by atoms with Crippen molar-refractivity contribution in [2.24, 2.45) is 23.7 Å². The van der Waals surface area contributed by atoms with Crippen LogP contribution < -0.4 is 0 Å². The third kappa shape index (κ3) is 2.23. The van der Waals surface area contributed by atoms with Gasteiger partial charge in [-0.05, 0) is 12.3 Å². The molecule has 2 saturated carbocycles. The maximum Gasteiger partial charge on any atom is 0.310 e. The van der Waals surface area contributed by atoms with Crippen LogP contribution in [-0.2, 0) is 19.1 Å². The monoisotopic (exact) mass is 378 g/mol. The van der Waals surface area contributed by atoms with E-state index in [1.165, 1.54) is 0 Å². The summed E-state index contributed by atoms with van der Waals surface area (Å²) in [5, 5.41) is 0. The number of fused-ring (bicyclic) bond motifs is 1. The van der Waals surface area contributed by atoms with Crippen LogP contribution in [0.3, 0.4) is 0 Å². The summed E-state index contributed by atoms with van der Waals surface area (Å²) in [7, 11) is 0. The first-order valence-electron chi connectivity index (χ1n) is 7.67. The maximum atomic E-state index is 12.4. The molecule has 0 N–H and O–H groups in total. The topological polar surface area (TPSA) is 69.7 Å². The van der Waals surface area contributed by atoms with Gasteiger partial charge in [-0.1, -0.05) is 46.3 Å². The van der Waals surface area contributed by atoms with E-state index in [0.717, 1.165) is 6.42 Å². The van der Waals surface area contributed by atoms with Gasteiger partial charge in [-0.15, -0.1) is 0 Å². The van der Waals surface area contributed by atoms with Gasteiger partial charge in [0.15, 0.2) is 12.4 Å². The fourth-order valence-corrected chi connectivity index (χ4v) is 5.28. The highest BCUT2D eigenvalue weighted by molar-refractivity contribution is 9.09. The number of esters is 2. The zero-order valence-corrected chi connectivity index (χ0v) is 13.8. The number of hydrogen-bond donors (Lipinski definition) is 0. The van der Waals surface area contributed by atoms with Gasteiger partial charge in [0.1, 0.15) is 6.10 Å². The second kappa shape index (κ2) is 5.44. The molecule has 23 heavy (non-hydrogen) atoms. The van der Waals surface area contributed by atoms with Gasteiger partial charge in [0.25, 0.3) is 0 Å². The van der Waals surface area contributed by atoms with Crippen LogP contribution in [-0.4, -0.2) is 35.3 Å². The van der Waals surface area contributed by atoms with E-state index < -0.39 is 17.8 Å². The van der Waals surface area contributed by atoms with Gasteiger partial charge in [-0.2, -0.15) is 0 Å². The molecule has 0 unspecified atom stereocenters. The number of ether oxygens (including phenoxy) is 2. The number of hydrogen-bond acceptors (Lipinski definition) is 5. The van der Waals surface area contributed by atoms with Crippen molar-refractivity contribution in [1.29, 1.82) is 0 Å². The number of Topliss-reactive ketones (excluding diaryl/α,β-unsaturated/α-hetero) is 1. The Morgan fingerprint density at radius 1 is 1.22 bits per heavy atom.